The molecule has 0 saturated carbocycles. The monoisotopic (exact) mass is 278 g/mol. The van der Waals surface area contributed by atoms with Crippen molar-refractivity contribution in [1.29, 1.82) is 0 Å². The molecule has 100 valence electrons. The first-order valence-electron chi connectivity index (χ1n) is 6.33. The predicted molar refractivity (Wildman–Crippen MR) is 74.6 cm³/mol. The molecule has 1 aromatic carbocycles. The zero-order chi connectivity index (χ0) is 13.4. The Kier molecular flexibility index (Phi) is 3.21. The number of amides is 1. The number of nitrogens with zero attached hydrogens (tertiary/aromatic N) is 1. The maximum atomic E-state index is 12.6. The van der Waals surface area contributed by atoms with Gasteiger partial charge in [-0.2, -0.15) is 0 Å². The maximum Gasteiger partial charge on any atom is 0.272 e. The number of rotatable bonds is 1. The fourth-order valence-corrected chi connectivity index (χ4v) is 2.72. The highest BCUT2D eigenvalue weighted by atomic mass is 35.5. The molecule has 1 aromatic heterocycles. The van der Waals surface area contributed by atoms with Crippen LogP contribution in [0.5, 0.6) is 0 Å². The topological polar surface area (TPSA) is 45.3 Å². The Balaban J connectivity index is 1.99. The summed E-state index contributed by atoms with van der Waals surface area (Å²) in [5.41, 5.74) is 1.35. The summed E-state index contributed by atoms with van der Waals surface area (Å²) in [5, 5.41) is 1.38. The minimum Gasteiger partial charge on any atom is -0.377 e. The highest BCUT2D eigenvalue weighted by molar-refractivity contribution is 6.38. The summed E-state index contributed by atoms with van der Waals surface area (Å²) in [5.74, 6) is -0.0583. The zero-order valence-electron chi connectivity index (χ0n) is 10.6. The van der Waals surface area contributed by atoms with Crippen LogP contribution in [0.15, 0.2) is 24.3 Å². The van der Waals surface area contributed by atoms with Gasteiger partial charge in [0.2, 0.25) is 0 Å². The molecule has 1 aliphatic rings. The zero-order valence-corrected chi connectivity index (χ0v) is 11.4. The van der Waals surface area contributed by atoms with Gasteiger partial charge in [-0.25, -0.2) is 0 Å². The lowest BCUT2D eigenvalue weighted by atomic mass is 10.2. The molecule has 1 aliphatic heterocycles. The van der Waals surface area contributed by atoms with E-state index in [1.54, 1.807) is 4.90 Å². The predicted octanol–water partition coefficient (Wildman–Crippen LogP) is 2.68. The second kappa shape index (κ2) is 4.87. The molecule has 19 heavy (non-hydrogen) atoms. The Morgan fingerprint density at radius 1 is 1.47 bits per heavy atom. The maximum absolute atomic E-state index is 12.6. The molecule has 2 heterocycles. The SMILES string of the molecule is CC1COCCN1C(=O)c1[nH]c2ccccc2c1Cl. The van der Waals surface area contributed by atoms with Crippen molar-refractivity contribution in [2.75, 3.05) is 19.8 Å². The van der Waals surface area contributed by atoms with Crippen LogP contribution >= 0.6 is 11.6 Å². The van der Waals surface area contributed by atoms with Crippen LogP contribution in [-0.2, 0) is 4.74 Å². The molecule has 1 fully saturated rings. The van der Waals surface area contributed by atoms with Crippen molar-refractivity contribution in [3.8, 4) is 0 Å². The number of hydrogen-bond donors (Lipinski definition) is 1. The van der Waals surface area contributed by atoms with Crippen LogP contribution in [0.1, 0.15) is 17.4 Å². The number of aromatic nitrogens is 1. The second-order valence-corrected chi connectivity index (χ2v) is 5.16. The molecule has 3 rings (SSSR count). The Morgan fingerprint density at radius 3 is 3.00 bits per heavy atom. The standard InChI is InChI=1S/C14H15ClN2O2/c1-9-8-19-7-6-17(9)14(18)13-12(15)10-4-2-3-5-11(10)16-13/h2-5,9,16H,6-8H2,1H3. The summed E-state index contributed by atoms with van der Waals surface area (Å²) in [6.07, 6.45) is 0. The molecule has 1 unspecified atom stereocenters. The van der Waals surface area contributed by atoms with Crippen LogP contribution in [0.3, 0.4) is 0 Å². The van der Waals surface area contributed by atoms with E-state index in [1.165, 1.54) is 0 Å². The molecule has 0 aliphatic carbocycles. The highest BCUT2D eigenvalue weighted by Gasteiger charge is 2.27. The summed E-state index contributed by atoms with van der Waals surface area (Å²) in [4.78, 5) is 17.5. The van der Waals surface area contributed by atoms with Gasteiger partial charge in [-0.15, -0.1) is 0 Å². The van der Waals surface area contributed by atoms with Gasteiger partial charge in [0.25, 0.3) is 5.91 Å². The second-order valence-electron chi connectivity index (χ2n) is 4.78. The molecule has 4 nitrogen and oxygen atoms in total. The third-order valence-electron chi connectivity index (χ3n) is 3.49. The third-order valence-corrected chi connectivity index (χ3v) is 3.88. The number of carbonyl (C=O) groups excluding carboxylic acids is 1. The van der Waals surface area contributed by atoms with Crippen molar-refractivity contribution in [3.63, 3.8) is 0 Å². The third kappa shape index (κ3) is 2.11. The summed E-state index contributed by atoms with van der Waals surface area (Å²) >= 11 is 6.31. The molecule has 1 amide bonds. The molecule has 0 bridgehead atoms. The average Bonchev–Trinajstić information content (AvgIpc) is 2.77. The van der Waals surface area contributed by atoms with Crippen LogP contribution in [0, 0.1) is 0 Å². The van der Waals surface area contributed by atoms with E-state index < -0.39 is 0 Å². The van der Waals surface area contributed by atoms with Gasteiger partial charge >= 0.3 is 0 Å². The number of hydrogen-bond acceptors (Lipinski definition) is 2. The molecule has 1 atom stereocenters. The summed E-state index contributed by atoms with van der Waals surface area (Å²) in [6.45, 7) is 3.73. The average molecular weight is 279 g/mol. The van der Waals surface area contributed by atoms with E-state index in [2.05, 4.69) is 4.98 Å². The van der Waals surface area contributed by atoms with Gasteiger partial charge in [-0.1, -0.05) is 29.8 Å². The van der Waals surface area contributed by atoms with Crippen molar-refractivity contribution in [1.82, 2.24) is 9.88 Å². The molecule has 5 heteroatoms. The van der Waals surface area contributed by atoms with Crippen LogP contribution < -0.4 is 0 Å². The van der Waals surface area contributed by atoms with Gasteiger partial charge in [-0.05, 0) is 13.0 Å². The van der Waals surface area contributed by atoms with E-state index in [-0.39, 0.29) is 11.9 Å². The number of nitrogens with one attached hydrogen (secondary N) is 1. The van der Waals surface area contributed by atoms with E-state index in [4.69, 9.17) is 16.3 Å². The van der Waals surface area contributed by atoms with E-state index in [9.17, 15) is 4.79 Å². The van der Waals surface area contributed by atoms with E-state index in [0.29, 0.717) is 30.5 Å². The van der Waals surface area contributed by atoms with Crippen molar-refractivity contribution in [3.05, 3.63) is 35.0 Å². The van der Waals surface area contributed by atoms with Crippen molar-refractivity contribution in [2.45, 2.75) is 13.0 Å². The van der Waals surface area contributed by atoms with Gasteiger partial charge in [-0.3, -0.25) is 4.79 Å². The number of aromatic amines is 1. The summed E-state index contributed by atoms with van der Waals surface area (Å²) in [7, 11) is 0. The van der Waals surface area contributed by atoms with Crippen LogP contribution in [0.2, 0.25) is 5.02 Å². The quantitative estimate of drug-likeness (QED) is 0.872. The molecule has 1 saturated heterocycles. The largest absolute Gasteiger partial charge is 0.377 e. The van der Waals surface area contributed by atoms with Gasteiger partial charge in [0.15, 0.2) is 0 Å². The first kappa shape index (κ1) is 12.5. The number of ether oxygens (including phenoxy) is 1. The lowest BCUT2D eigenvalue weighted by molar-refractivity contribution is 0.00333. The Morgan fingerprint density at radius 2 is 2.26 bits per heavy atom. The van der Waals surface area contributed by atoms with E-state index in [0.717, 1.165) is 10.9 Å². The Labute approximate surface area is 116 Å². The molecule has 1 N–H and O–H groups in total. The van der Waals surface area contributed by atoms with Crippen molar-refractivity contribution in [2.24, 2.45) is 0 Å². The molecular formula is C14H15ClN2O2. The van der Waals surface area contributed by atoms with Gasteiger partial charge in [0.1, 0.15) is 5.69 Å². The Bertz CT molecular complexity index is 623. The lowest BCUT2D eigenvalue weighted by Gasteiger charge is -2.33. The molecule has 2 aromatic rings. The van der Waals surface area contributed by atoms with Gasteiger partial charge in [0, 0.05) is 17.4 Å². The van der Waals surface area contributed by atoms with Crippen LogP contribution in [0.4, 0.5) is 0 Å². The normalized spacial score (nSPS) is 19.9. The Hall–Kier alpha value is -1.52. The van der Waals surface area contributed by atoms with Crippen LogP contribution in [0.25, 0.3) is 10.9 Å². The van der Waals surface area contributed by atoms with E-state index >= 15 is 0 Å². The van der Waals surface area contributed by atoms with Crippen molar-refractivity contribution >= 4 is 28.4 Å². The number of benzene rings is 1. The number of morpholine rings is 1. The summed E-state index contributed by atoms with van der Waals surface area (Å²) in [6, 6.07) is 7.73. The number of H-pyrrole nitrogens is 1. The van der Waals surface area contributed by atoms with E-state index in [1.807, 2.05) is 31.2 Å². The fourth-order valence-electron chi connectivity index (χ4n) is 2.43. The number of halogens is 1. The molecule has 0 radical (unpaired) electrons. The highest BCUT2D eigenvalue weighted by Crippen LogP contribution is 2.28. The van der Waals surface area contributed by atoms with Gasteiger partial charge in [0.05, 0.1) is 24.3 Å². The van der Waals surface area contributed by atoms with Crippen LogP contribution in [-0.4, -0.2) is 41.6 Å². The van der Waals surface area contributed by atoms with Gasteiger partial charge < -0.3 is 14.6 Å². The first-order chi connectivity index (χ1) is 9.18. The molecule has 0 spiro atoms. The molecular weight excluding hydrogens is 264 g/mol. The minimum atomic E-state index is -0.0583. The number of para-hydroxylation sites is 1. The minimum absolute atomic E-state index is 0.0583. The lowest BCUT2D eigenvalue weighted by Crippen LogP contribution is -2.47. The first-order valence-corrected chi connectivity index (χ1v) is 6.71. The number of carbonyl (C=O) groups is 1. The number of fused-ring (bicyclic) bond motifs is 1. The summed E-state index contributed by atoms with van der Waals surface area (Å²) < 4.78 is 5.35. The van der Waals surface area contributed by atoms with Crippen molar-refractivity contribution < 1.29 is 9.53 Å². The fraction of sp³-hybridized carbons (Fsp3) is 0.357. The smallest absolute Gasteiger partial charge is 0.272 e.